The molecule has 1 rings (SSSR count). The molecule has 0 atom stereocenters. The van der Waals surface area contributed by atoms with E-state index in [0.717, 1.165) is 0 Å². The maximum Gasteiger partial charge on any atom is 0.252 e. The lowest BCUT2D eigenvalue weighted by Gasteiger charge is -2.06. The maximum absolute atomic E-state index is 12.8. The number of amides is 1. The molecular weight excluding hydrogens is 295 g/mol. The van der Waals surface area contributed by atoms with Gasteiger partial charge >= 0.3 is 0 Å². The van der Waals surface area contributed by atoms with Gasteiger partial charge in [0.25, 0.3) is 5.91 Å². The zero-order valence-electron chi connectivity index (χ0n) is 8.30. The number of rotatable bonds is 4. The smallest absolute Gasteiger partial charge is 0.252 e. The molecule has 1 amide bonds. The number of nitrogens with one attached hydrogen (secondary N) is 1. The van der Waals surface area contributed by atoms with Gasteiger partial charge in [-0.1, -0.05) is 12.2 Å². The minimum atomic E-state index is -0.397. The first-order chi connectivity index (χ1) is 7.50. The second kappa shape index (κ2) is 5.91. The molecule has 1 aromatic carbocycles. The standard InChI is InChI=1S/C10H10BrFN2OS/c11-8-5-6(12)1-2-7(8)10(15)14-4-3-9(13)16/h1-2,5H,3-4H2,(H2,13,16)(H,14,15). The minimum Gasteiger partial charge on any atom is -0.393 e. The van der Waals surface area contributed by atoms with Crippen molar-refractivity contribution in [2.24, 2.45) is 5.73 Å². The van der Waals surface area contributed by atoms with Crippen LogP contribution in [0.2, 0.25) is 0 Å². The van der Waals surface area contributed by atoms with Crippen molar-refractivity contribution in [3.05, 3.63) is 34.1 Å². The normalized spacial score (nSPS) is 9.88. The number of halogens is 2. The van der Waals surface area contributed by atoms with E-state index in [2.05, 4.69) is 33.5 Å². The third-order valence-electron chi connectivity index (χ3n) is 1.83. The minimum absolute atomic E-state index is 0.289. The molecule has 0 aliphatic rings. The third kappa shape index (κ3) is 3.86. The summed E-state index contributed by atoms with van der Waals surface area (Å²) in [7, 11) is 0. The van der Waals surface area contributed by atoms with E-state index in [-0.39, 0.29) is 5.91 Å². The lowest BCUT2D eigenvalue weighted by atomic mass is 10.2. The molecule has 0 aliphatic heterocycles. The van der Waals surface area contributed by atoms with Crippen molar-refractivity contribution in [2.75, 3.05) is 6.54 Å². The quantitative estimate of drug-likeness (QED) is 0.837. The molecule has 16 heavy (non-hydrogen) atoms. The molecule has 0 bridgehead atoms. The van der Waals surface area contributed by atoms with Gasteiger partial charge in [0.05, 0.1) is 10.6 Å². The van der Waals surface area contributed by atoms with Crippen molar-refractivity contribution in [1.29, 1.82) is 0 Å². The van der Waals surface area contributed by atoms with Gasteiger partial charge in [-0.25, -0.2) is 4.39 Å². The van der Waals surface area contributed by atoms with E-state index in [4.69, 9.17) is 5.73 Å². The highest BCUT2D eigenvalue weighted by Crippen LogP contribution is 2.17. The van der Waals surface area contributed by atoms with Crippen molar-refractivity contribution in [1.82, 2.24) is 5.32 Å². The van der Waals surface area contributed by atoms with Crippen LogP contribution in [0.1, 0.15) is 16.8 Å². The number of hydrogen-bond donors (Lipinski definition) is 2. The summed E-state index contributed by atoms with van der Waals surface area (Å²) in [4.78, 5) is 12.0. The molecule has 0 saturated heterocycles. The highest BCUT2D eigenvalue weighted by Gasteiger charge is 2.09. The summed E-state index contributed by atoms with van der Waals surface area (Å²) in [5.41, 5.74) is 5.67. The van der Waals surface area contributed by atoms with Crippen molar-refractivity contribution in [3.8, 4) is 0 Å². The molecule has 0 spiro atoms. The summed E-state index contributed by atoms with van der Waals surface area (Å²) in [5, 5.41) is 2.63. The van der Waals surface area contributed by atoms with E-state index in [1.807, 2.05) is 0 Å². The van der Waals surface area contributed by atoms with Gasteiger partial charge in [0.1, 0.15) is 5.82 Å². The highest BCUT2D eigenvalue weighted by molar-refractivity contribution is 9.10. The van der Waals surface area contributed by atoms with Crippen LogP contribution in [0.25, 0.3) is 0 Å². The Bertz CT molecular complexity index is 425. The molecule has 0 radical (unpaired) electrons. The highest BCUT2D eigenvalue weighted by atomic mass is 79.9. The lowest BCUT2D eigenvalue weighted by Crippen LogP contribution is -2.27. The Morgan fingerprint density at radius 2 is 2.25 bits per heavy atom. The van der Waals surface area contributed by atoms with Crippen LogP contribution in [0.5, 0.6) is 0 Å². The Kier molecular flexibility index (Phi) is 4.82. The van der Waals surface area contributed by atoms with Crippen molar-refractivity contribution in [2.45, 2.75) is 6.42 Å². The number of carbonyl (C=O) groups is 1. The molecule has 0 unspecified atom stereocenters. The van der Waals surface area contributed by atoms with Crippen LogP contribution in [0.15, 0.2) is 22.7 Å². The number of hydrogen-bond acceptors (Lipinski definition) is 2. The molecule has 0 saturated carbocycles. The second-order valence-corrected chi connectivity index (χ2v) is 4.48. The van der Waals surface area contributed by atoms with Crippen LogP contribution in [-0.2, 0) is 0 Å². The fourth-order valence-electron chi connectivity index (χ4n) is 1.07. The summed E-state index contributed by atoms with van der Waals surface area (Å²) < 4.78 is 13.2. The van der Waals surface area contributed by atoms with Crippen molar-refractivity contribution < 1.29 is 9.18 Å². The van der Waals surface area contributed by atoms with E-state index in [1.54, 1.807) is 0 Å². The SMILES string of the molecule is NC(=S)CCNC(=O)c1ccc(F)cc1Br. The second-order valence-electron chi connectivity index (χ2n) is 3.10. The maximum atomic E-state index is 12.8. The Morgan fingerprint density at radius 3 is 2.81 bits per heavy atom. The third-order valence-corrected chi connectivity index (χ3v) is 2.69. The van der Waals surface area contributed by atoms with E-state index >= 15 is 0 Å². The monoisotopic (exact) mass is 304 g/mol. The summed E-state index contributed by atoms with van der Waals surface area (Å²) in [6.45, 7) is 0.373. The first-order valence-electron chi connectivity index (χ1n) is 4.52. The molecule has 6 heteroatoms. The van der Waals surface area contributed by atoms with Gasteiger partial charge in [0, 0.05) is 17.4 Å². The fourth-order valence-corrected chi connectivity index (χ4v) is 1.70. The van der Waals surface area contributed by atoms with Gasteiger partial charge in [0.2, 0.25) is 0 Å². The molecular formula is C10H10BrFN2OS. The van der Waals surface area contributed by atoms with Crippen LogP contribution < -0.4 is 11.1 Å². The molecule has 0 fully saturated rings. The van der Waals surface area contributed by atoms with Gasteiger partial charge in [-0.05, 0) is 34.1 Å². The Labute approximate surface area is 106 Å². The molecule has 1 aromatic rings. The number of carbonyl (C=O) groups excluding carboxylic acids is 1. The topological polar surface area (TPSA) is 55.1 Å². The zero-order valence-corrected chi connectivity index (χ0v) is 10.7. The van der Waals surface area contributed by atoms with Crippen molar-refractivity contribution >= 4 is 39.0 Å². The molecule has 3 nitrogen and oxygen atoms in total. The van der Waals surface area contributed by atoms with Gasteiger partial charge in [-0.3, -0.25) is 4.79 Å². The van der Waals surface area contributed by atoms with Crippen LogP contribution in [0.4, 0.5) is 4.39 Å². The largest absolute Gasteiger partial charge is 0.393 e. The molecule has 0 aliphatic carbocycles. The zero-order chi connectivity index (χ0) is 12.1. The summed E-state index contributed by atoms with van der Waals surface area (Å²) >= 11 is 7.79. The fraction of sp³-hybridized carbons (Fsp3) is 0.200. The Morgan fingerprint density at radius 1 is 1.56 bits per heavy atom. The summed E-state index contributed by atoms with van der Waals surface area (Å²) in [6.07, 6.45) is 0.444. The van der Waals surface area contributed by atoms with Crippen LogP contribution >= 0.6 is 28.1 Å². The van der Waals surface area contributed by atoms with Gasteiger partial charge < -0.3 is 11.1 Å². The van der Waals surface area contributed by atoms with E-state index in [0.29, 0.717) is 28.0 Å². The molecule has 86 valence electrons. The van der Waals surface area contributed by atoms with Gasteiger partial charge in [-0.15, -0.1) is 0 Å². The van der Waals surface area contributed by atoms with E-state index in [1.165, 1.54) is 18.2 Å². The van der Waals surface area contributed by atoms with Crippen molar-refractivity contribution in [3.63, 3.8) is 0 Å². The first kappa shape index (κ1) is 13.1. The van der Waals surface area contributed by atoms with Crippen LogP contribution in [-0.4, -0.2) is 17.4 Å². The molecule has 3 N–H and O–H groups in total. The van der Waals surface area contributed by atoms with E-state index < -0.39 is 5.82 Å². The Hall–Kier alpha value is -1.01. The summed E-state index contributed by atoms with van der Waals surface area (Å²) in [6, 6.07) is 3.88. The van der Waals surface area contributed by atoms with Gasteiger partial charge in [0.15, 0.2) is 0 Å². The molecule has 0 heterocycles. The number of thiocarbonyl (C=S) groups is 1. The lowest BCUT2D eigenvalue weighted by molar-refractivity contribution is 0.0954. The summed E-state index contributed by atoms with van der Waals surface area (Å²) in [5.74, 6) is -0.685. The number of nitrogens with two attached hydrogens (primary N) is 1. The predicted octanol–water partition coefficient (Wildman–Crippen LogP) is 1.99. The van der Waals surface area contributed by atoms with Crippen LogP contribution in [0, 0.1) is 5.82 Å². The number of benzene rings is 1. The first-order valence-corrected chi connectivity index (χ1v) is 5.72. The predicted molar refractivity (Wildman–Crippen MR) is 67.8 cm³/mol. The average Bonchev–Trinajstić information content (AvgIpc) is 2.16. The van der Waals surface area contributed by atoms with E-state index in [9.17, 15) is 9.18 Å². The van der Waals surface area contributed by atoms with Gasteiger partial charge in [-0.2, -0.15) is 0 Å². The van der Waals surface area contributed by atoms with Crippen LogP contribution in [0.3, 0.4) is 0 Å². The Balaban J connectivity index is 2.63. The average molecular weight is 305 g/mol. The molecule has 0 aromatic heterocycles.